The molecule has 0 bridgehead atoms. The van der Waals surface area contributed by atoms with Crippen LogP contribution >= 0.6 is 11.3 Å². The summed E-state index contributed by atoms with van der Waals surface area (Å²) in [5.74, 6) is -0.118. The van der Waals surface area contributed by atoms with E-state index in [1.54, 1.807) is 47.4 Å². The lowest BCUT2D eigenvalue weighted by Gasteiger charge is -2.23. The molecular weight excluding hydrogens is 403 g/mol. The summed E-state index contributed by atoms with van der Waals surface area (Å²) in [6, 6.07) is 15.3. The predicted octanol–water partition coefficient (Wildman–Crippen LogP) is 4.84. The number of carbonyl (C=O) groups excluding carboxylic acids is 2. The first-order valence-electron chi connectivity index (χ1n) is 9.71. The van der Waals surface area contributed by atoms with Crippen LogP contribution in [0.3, 0.4) is 0 Å². The van der Waals surface area contributed by atoms with E-state index in [-0.39, 0.29) is 30.7 Å². The van der Waals surface area contributed by atoms with Gasteiger partial charge in [-0.05, 0) is 42.1 Å². The van der Waals surface area contributed by atoms with Crippen molar-refractivity contribution in [2.75, 3.05) is 5.32 Å². The second-order valence-electron chi connectivity index (χ2n) is 7.05. The van der Waals surface area contributed by atoms with Crippen molar-refractivity contribution < 1.29 is 18.7 Å². The van der Waals surface area contributed by atoms with Crippen LogP contribution < -0.4 is 10.1 Å². The molecule has 0 fully saturated rings. The average Bonchev–Trinajstić information content (AvgIpc) is 3.25. The first-order valence-corrected chi connectivity index (χ1v) is 10.6. The Bertz CT molecular complexity index is 1070. The number of ether oxygens (including phenoxy) is 1. The van der Waals surface area contributed by atoms with E-state index in [4.69, 9.17) is 4.74 Å². The van der Waals surface area contributed by atoms with Crippen molar-refractivity contribution in [2.24, 2.45) is 0 Å². The summed E-state index contributed by atoms with van der Waals surface area (Å²) in [4.78, 5) is 27.6. The van der Waals surface area contributed by atoms with Gasteiger partial charge in [-0.3, -0.25) is 9.59 Å². The zero-order valence-corrected chi connectivity index (χ0v) is 17.2. The van der Waals surface area contributed by atoms with Crippen molar-refractivity contribution in [3.63, 3.8) is 0 Å². The van der Waals surface area contributed by atoms with Gasteiger partial charge in [-0.1, -0.05) is 31.2 Å². The molecule has 0 radical (unpaired) electrons. The number of thiophene rings is 1. The third kappa shape index (κ3) is 4.21. The number of hydrogen-bond donors (Lipinski definition) is 1. The Balaban J connectivity index is 1.61. The van der Waals surface area contributed by atoms with E-state index in [9.17, 15) is 14.0 Å². The Morgan fingerprint density at radius 3 is 2.80 bits per heavy atom. The van der Waals surface area contributed by atoms with Crippen LogP contribution in [0.4, 0.5) is 10.1 Å². The zero-order chi connectivity index (χ0) is 21.1. The van der Waals surface area contributed by atoms with Gasteiger partial charge in [0.15, 0.2) is 6.10 Å². The molecule has 1 aliphatic heterocycles. The van der Waals surface area contributed by atoms with Gasteiger partial charge in [-0.25, -0.2) is 4.39 Å². The molecule has 1 N–H and O–H groups in total. The van der Waals surface area contributed by atoms with Gasteiger partial charge < -0.3 is 15.0 Å². The molecule has 5 nitrogen and oxygen atoms in total. The Kier molecular flexibility index (Phi) is 5.81. The van der Waals surface area contributed by atoms with E-state index >= 15 is 0 Å². The lowest BCUT2D eigenvalue weighted by Crippen LogP contribution is -2.39. The van der Waals surface area contributed by atoms with Crippen LogP contribution in [0, 0.1) is 5.82 Å². The molecule has 1 aromatic heterocycles. The number of rotatable bonds is 5. The van der Waals surface area contributed by atoms with Crippen molar-refractivity contribution >= 4 is 28.8 Å². The first kappa shape index (κ1) is 20.1. The van der Waals surface area contributed by atoms with Gasteiger partial charge in [-0.15, -0.1) is 11.3 Å². The Morgan fingerprint density at radius 1 is 1.23 bits per heavy atom. The maximum Gasteiger partial charge on any atom is 0.265 e. The summed E-state index contributed by atoms with van der Waals surface area (Å²) < 4.78 is 20.1. The van der Waals surface area contributed by atoms with Crippen molar-refractivity contribution in [3.8, 4) is 5.75 Å². The number of nitrogens with zero attached hydrogens (tertiary/aromatic N) is 1. The van der Waals surface area contributed by atoms with Crippen molar-refractivity contribution in [1.82, 2.24) is 4.90 Å². The summed E-state index contributed by atoms with van der Waals surface area (Å²) in [6.07, 6.45) is -0.132. The predicted molar refractivity (Wildman–Crippen MR) is 114 cm³/mol. The number of nitrogens with one attached hydrogen (secondary N) is 1. The van der Waals surface area contributed by atoms with Gasteiger partial charge in [0.2, 0.25) is 0 Å². The van der Waals surface area contributed by atoms with Crippen LogP contribution in [0.2, 0.25) is 0 Å². The fourth-order valence-corrected chi connectivity index (χ4v) is 4.03. The first-order chi connectivity index (χ1) is 14.5. The maximum absolute atomic E-state index is 14.2. The molecular formula is C23H21FN2O3S. The molecule has 3 aromatic rings. The van der Waals surface area contributed by atoms with Gasteiger partial charge in [0.05, 0.1) is 4.88 Å². The van der Waals surface area contributed by atoms with Gasteiger partial charge in [0.1, 0.15) is 11.6 Å². The van der Waals surface area contributed by atoms with E-state index in [0.717, 1.165) is 5.56 Å². The van der Waals surface area contributed by atoms with Crippen LogP contribution in [-0.4, -0.2) is 22.8 Å². The number of anilines is 1. The molecule has 0 saturated heterocycles. The fourth-order valence-electron chi connectivity index (χ4n) is 3.41. The van der Waals surface area contributed by atoms with Gasteiger partial charge >= 0.3 is 0 Å². The molecule has 0 aliphatic carbocycles. The number of amides is 2. The topological polar surface area (TPSA) is 58.6 Å². The van der Waals surface area contributed by atoms with E-state index in [1.807, 2.05) is 18.4 Å². The minimum Gasteiger partial charge on any atom is -0.480 e. The molecule has 154 valence electrons. The Hall–Kier alpha value is -3.19. The summed E-state index contributed by atoms with van der Waals surface area (Å²) in [5.41, 5.74) is 1.83. The Labute approximate surface area is 178 Å². The highest BCUT2D eigenvalue weighted by Crippen LogP contribution is 2.30. The van der Waals surface area contributed by atoms with E-state index in [2.05, 4.69) is 5.32 Å². The molecule has 0 saturated carbocycles. The second kappa shape index (κ2) is 8.67. The smallest absolute Gasteiger partial charge is 0.265 e. The molecule has 1 atom stereocenters. The number of benzene rings is 2. The van der Waals surface area contributed by atoms with Crippen LogP contribution in [0.15, 0.2) is 60.0 Å². The third-order valence-corrected chi connectivity index (χ3v) is 5.84. The van der Waals surface area contributed by atoms with Crippen LogP contribution in [0.25, 0.3) is 0 Å². The zero-order valence-electron chi connectivity index (χ0n) is 16.4. The Morgan fingerprint density at radius 2 is 2.07 bits per heavy atom. The molecule has 7 heteroatoms. The largest absolute Gasteiger partial charge is 0.480 e. The highest BCUT2D eigenvalue weighted by molar-refractivity contribution is 7.12. The van der Waals surface area contributed by atoms with E-state index in [1.165, 1.54) is 17.4 Å². The normalized spacial score (nSPS) is 15.9. The molecule has 0 spiro atoms. The van der Waals surface area contributed by atoms with Crippen molar-refractivity contribution in [1.29, 1.82) is 0 Å². The molecule has 2 heterocycles. The summed E-state index contributed by atoms with van der Waals surface area (Å²) in [6.45, 7) is 2.29. The summed E-state index contributed by atoms with van der Waals surface area (Å²) >= 11 is 1.36. The van der Waals surface area contributed by atoms with Crippen molar-refractivity contribution in [2.45, 2.75) is 32.5 Å². The number of halogens is 1. The van der Waals surface area contributed by atoms with E-state index in [0.29, 0.717) is 28.3 Å². The SMILES string of the molecule is CCC1Oc2ccc(NC(=O)c3cccs3)cc2CN(Cc2ccccc2F)C1=O. The lowest BCUT2D eigenvalue weighted by atomic mass is 10.1. The molecule has 4 rings (SSSR count). The fraction of sp³-hybridized carbons (Fsp3) is 0.217. The molecule has 30 heavy (non-hydrogen) atoms. The molecule has 1 aliphatic rings. The van der Waals surface area contributed by atoms with Gasteiger partial charge in [0.25, 0.3) is 11.8 Å². The van der Waals surface area contributed by atoms with Crippen molar-refractivity contribution in [3.05, 3.63) is 81.8 Å². The lowest BCUT2D eigenvalue weighted by molar-refractivity contribution is -0.139. The number of fused-ring (bicyclic) bond motifs is 1. The second-order valence-corrected chi connectivity index (χ2v) is 8.00. The number of carbonyl (C=O) groups is 2. The highest BCUT2D eigenvalue weighted by atomic mass is 32.1. The molecule has 1 unspecified atom stereocenters. The van der Waals surface area contributed by atoms with Crippen LogP contribution in [-0.2, 0) is 17.9 Å². The third-order valence-electron chi connectivity index (χ3n) is 4.97. The quantitative estimate of drug-likeness (QED) is 0.638. The minimum absolute atomic E-state index is 0.149. The standard InChI is InChI=1S/C23H21FN2O3S/c1-2-19-23(28)26(13-15-6-3-4-7-18(15)24)14-16-12-17(9-10-20(16)29-19)25-22(27)21-8-5-11-30-21/h3-12,19H,2,13-14H2,1H3,(H,25,27). The molecule has 2 aromatic carbocycles. The minimum atomic E-state index is -0.635. The summed E-state index contributed by atoms with van der Waals surface area (Å²) in [7, 11) is 0. The van der Waals surface area contributed by atoms with Gasteiger partial charge in [0, 0.05) is 29.9 Å². The van der Waals surface area contributed by atoms with Gasteiger partial charge in [-0.2, -0.15) is 0 Å². The highest BCUT2D eigenvalue weighted by Gasteiger charge is 2.30. The van der Waals surface area contributed by atoms with Crippen LogP contribution in [0.1, 0.15) is 34.1 Å². The molecule has 2 amide bonds. The maximum atomic E-state index is 14.2. The monoisotopic (exact) mass is 424 g/mol. The summed E-state index contributed by atoms with van der Waals surface area (Å²) in [5, 5.41) is 4.72. The average molecular weight is 424 g/mol. The van der Waals surface area contributed by atoms with Crippen LogP contribution in [0.5, 0.6) is 5.75 Å². The number of hydrogen-bond acceptors (Lipinski definition) is 4. The van der Waals surface area contributed by atoms with E-state index < -0.39 is 6.10 Å².